The Kier molecular flexibility index (Phi) is 14.2. The molecule has 0 aliphatic carbocycles. The van der Waals surface area contributed by atoms with Gasteiger partial charge in [0.05, 0.1) is 0 Å². The molecule has 0 radical (unpaired) electrons. The van der Waals surface area contributed by atoms with Gasteiger partial charge in [-0.25, -0.2) is 0 Å². The molecule has 0 bridgehead atoms. The van der Waals surface area contributed by atoms with Crippen molar-refractivity contribution in [1.82, 2.24) is 20.4 Å². The maximum Gasteiger partial charge on any atom is 0.191 e. The standard InChI is InChI=1S/C24H44N6.HI/c1-6-28(7-2)15-11-12-21(3)27-24(25-5)26-20-22(4)29-16-18-30(19-17-29)23-13-9-8-10-14-23;/h8-10,13-14,21-22H,6-7,11-12,15-20H2,1-5H3,(H2,25,26,27);1H. The predicted octanol–water partition coefficient (Wildman–Crippen LogP) is 3.49. The van der Waals surface area contributed by atoms with Crippen molar-refractivity contribution in [2.45, 2.75) is 52.6 Å². The van der Waals surface area contributed by atoms with Crippen LogP contribution in [0.4, 0.5) is 5.69 Å². The van der Waals surface area contributed by atoms with Gasteiger partial charge in [0.2, 0.25) is 0 Å². The Morgan fingerprint density at radius 2 is 1.71 bits per heavy atom. The van der Waals surface area contributed by atoms with Crippen LogP contribution in [0.15, 0.2) is 35.3 Å². The van der Waals surface area contributed by atoms with E-state index in [0.29, 0.717) is 12.1 Å². The number of para-hydroxylation sites is 1. The largest absolute Gasteiger partial charge is 0.369 e. The third-order valence-electron chi connectivity index (χ3n) is 6.24. The molecule has 2 N–H and O–H groups in total. The second-order valence-electron chi connectivity index (χ2n) is 8.38. The fourth-order valence-corrected chi connectivity index (χ4v) is 4.09. The lowest BCUT2D eigenvalue weighted by molar-refractivity contribution is 0.197. The molecule has 1 saturated heterocycles. The monoisotopic (exact) mass is 544 g/mol. The molecule has 1 aromatic carbocycles. The minimum absolute atomic E-state index is 0. The second kappa shape index (κ2) is 15.7. The summed E-state index contributed by atoms with van der Waals surface area (Å²) in [5.41, 5.74) is 1.34. The lowest BCUT2D eigenvalue weighted by Gasteiger charge is -2.39. The first kappa shape index (κ1) is 28.0. The van der Waals surface area contributed by atoms with E-state index in [0.717, 1.165) is 58.2 Å². The Bertz CT molecular complexity index is 599. The summed E-state index contributed by atoms with van der Waals surface area (Å²) in [6.45, 7) is 17.8. The SMILES string of the molecule is CCN(CC)CCCC(C)NC(=NC)NCC(C)N1CCN(c2ccccc2)CC1.I. The molecule has 1 aliphatic heterocycles. The van der Waals surface area contributed by atoms with Gasteiger partial charge in [0.1, 0.15) is 0 Å². The average molecular weight is 545 g/mol. The van der Waals surface area contributed by atoms with Gasteiger partial charge in [-0.3, -0.25) is 9.89 Å². The highest BCUT2D eigenvalue weighted by molar-refractivity contribution is 14.0. The minimum atomic E-state index is 0. The molecule has 0 spiro atoms. The summed E-state index contributed by atoms with van der Waals surface area (Å²) in [5, 5.41) is 7.09. The summed E-state index contributed by atoms with van der Waals surface area (Å²) >= 11 is 0. The van der Waals surface area contributed by atoms with Gasteiger partial charge in [-0.2, -0.15) is 0 Å². The van der Waals surface area contributed by atoms with E-state index in [1.165, 1.54) is 18.7 Å². The van der Waals surface area contributed by atoms with E-state index in [4.69, 9.17) is 0 Å². The van der Waals surface area contributed by atoms with E-state index < -0.39 is 0 Å². The van der Waals surface area contributed by atoms with Crippen LogP contribution in [0, 0.1) is 0 Å². The highest BCUT2D eigenvalue weighted by Crippen LogP contribution is 2.16. The normalized spacial score (nSPS) is 17.2. The molecule has 1 aliphatic rings. The van der Waals surface area contributed by atoms with E-state index in [1.54, 1.807) is 0 Å². The number of halogens is 1. The van der Waals surface area contributed by atoms with Gasteiger partial charge in [-0.15, -0.1) is 24.0 Å². The predicted molar refractivity (Wildman–Crippen MR) is 146 cm³/mol. The summed E-state index contributed by atoms with van der Waals surface area (Å²) in [5.74, 6) is 0.917. The summed E-state index contributed by atoms with van der Waals surface area (Å²) in [7, 11) is 1.86. The fraction of sp³-hybridized carbons (Fsp3) is 0.708. The van der Waals surface area contributed by atoms with Gasteiger partial charge < -0.3 is 20.4 Å². The summed E-state index contributed by atoms with van der Waals surface area (Å²) in [6, 6.07) is 11.7. The number of nitrogens with zero attached hydrogens (tertiary/aromatic N) is 4. The van der Waals surface area contributed by atoms with Crippen LogP contribution in [-0.2, 0) is 0 Å². The van der Waals surface area contributed by atoms with E-state index in [-0.39, 0.29) is 24.0 Å². The number of piperazine rings is 1. The molecule has 2 unspecified atom stereocenters. The Labute approximate surface area is 207 Å². The zero-order valence-corrected chi connectivity index (χ0v) is 22.6. The Morgan fingerprint density at radius 1 is 1.06 bits per heavy atom. The molecule has 1 heterocycles. The van der Waals surface area contributed by atoms with Gasteiger partial charge >= 0.3 is 0 Å². The Balaban J connectivity index is 0.00000480. The summed E-state index contributed by atoms with van der Waals surface area (Å²) in [6.07, 6.45) is 2.38. The van der Waals surface area contributed by atoms with Crippen molar-refractivity contribution < 1.29 is 0 Å². The molecular formula is C24H45IN6. The van der Waals surface area contributed by atoms with Gasteiger partial charge in [0, 0.05) is 57.5 Å². The van der Waals surface area contributed by atoms with Crippen LogP contribution in [0.5, 0.6) is 0 Å². The highest BCUT2D eigenvalue weighted by Gasteiger charge is 2.21. The maximum atomic E-state index is 4.43. The number of benzene rings is 1. The number of rotatable bonds is 11. The maximum absolute atomic E-state index is 4.43. The van der Waals surface area contributed by atoms with Crippen molar-refractivity contribution in [3.8, 4) is 0 Å². The second-order valence-corrected chi connectivity index (χ2v) is 8.38. The average Bonchev–Trinajstić information content (AvgIpc) is 2.80. The lowest BCUT2D eigenvalue weighted by atomic mass is 10.1. The topological polar surface area (TPSA) is 46.1 Å². The van der Waals surface area contributed by atoms with Gasteiger partial charge in [0.25, 0.3) is 0 Å². The molecule has 2 rings (SSSR count). The molecule has 0 amide bonds. The number of hydrogen-bond acceptors (Lipinski definition) is 4. The van der Waals surface area contributed by atoms with Crippen LogP contribution in [0.1, 0.15) is 40.5 Å². The van der Waals surface area contributed by atoms with Gasteiger partial charge in [-0.1, -0.05) is 32.0 Å². The number of aliphatic imine (C=N–C) groups is 1. The number of hydrogen-bond donors (Lipinski definition) is 2. The van der Waals surface area contributed by atoms with Gasteiger partial charge in [0.15, 0.2) is 5.96 Å². The quantitative estimate of drug-likeness (QED) is 0.254. The van der Waals surface area contributed by atoms with Crippen LogP contribution in [0.3, 0.4) is 0 Å². The molecule has 7 heteroatoms. The van der Waals surface area contributed by atoms with E-state index in [1.807, 2.05) is 7.05 Å². The third kappa shape index (κ3) is 9.95. The zero-order valence-electron chi connectivity index (χ0n) is 20.3. The van der Waals surface area contributed by atoms with Gasteiger partial charge in [-0.05, 0) is 58.5 Å². The minimum Gasteiger partial charge on any atom is -0.369 e. The fourth-order valence-electron chi connectivity index (χ4n) is 4.09. The number of guanidine groups is 1. The number of nitrogens with one attached hydrogen (secondary N) is 2. The van der Waals surface area contributed by atoms with Crippen LogP contribution in [0.2, 0.25) is 0 Å². The molecule has 1 aromatic rings. The van der Waals surface area contributed by atoms with Crippen molar-refractivity contribution in [1.29, 1.82) is 0 Å². The molecular weight excluding hydrogens is 499 g/mol. The van der Waals surface area contributed by atoms with E-state index >= 15 is 0 Å². The molecule has 178 valence electrons. The summed E-state index contributed by atoms with van der Waals surface area (Å²) in [4.78, 5) is 12.0. The first-order chi connectivity index (χ1) is 14.6. The first-order valence-corrected chi connectivity index (χ1v) is 11.8. The third-order valence-corrected chi connectivity index (χ3v) is 6.24. The van der Waals surface area contributed by atoms with E-state index in [2.05, 4.69) is 88.4 Å². The van der Waals surface area contributed by atoms with Crippen LogP contribution >= 0.6 is 24.0 Å². The molecule has 2 atom stereocenters. The molecule has 0 saturated carbocycles. The van der Waals surface area contributed by atoms with Crippen molar-refractivity contribution in [2.75, 3.05) is 64.3 Å². The van der Waals surface area contributed by atoms with Crippen molar-refractivity contribution >= 4 is 35.6 Å². The Hall–Kier alpha value is -1.06. The lowest BCUT2D eigenvalue weighted by Crippen LogP contribution is -2.53. The summed E-state index contributed by atoms with van der Waals surface area (Å²) < 4.78 is 0. The van der Waals surface area contributed by atoms with Crippen molar-refractivity contribution in [3.63, 3.8) is 0 Å². The zero-order chi connectivity index (χ0) is 21.8. The Morgan fingerprint density at radius 3 is 2.29 bits per heavy atom. The number of anilines is 1. The molecule has 0 aromatic heterocycles. The van der Waals surface area contributed by atoms with Crippen molar-refractivity contribution in [2.24, 2.45) is 4.99 Å². The van der Waals surface area contributed by atoms with E-state index in [9.17, 15) is 0 Å². The first-order valence-electron chi connectivity index (χ1n) is 11.8. The molecule has 1 fully saturated rings. The van der Waals surface area contributed by atoms with Crippen LogP contribution < -0.4 is 15.5 Å². The molecule has 31 heavy (non-hydrogen) atoms. The van der Waals surface area contributed by atoms with Crippen LogP contribution in [-0.4, -0.2) is 87.2 Å². The smallest absolute Gasteiger partial charge is 0.191 e. The van der Waals surface area contributed by atoms with Crippen LogP contribution in [0.25, 0.3) is 0 Å². The molecule has 6 nitrogen and oxygen atoms in total. The highest BCUT2D eigenvalue weighted by atomic mass is 127. The van der Waals surface area contributed by atoms with Crippen molar-refractivity contribution in [3.05, 3.63) is 30.3 Å².